The maximum atomic E-state index is 13.9. The van der Waals surface area contributed by atoms with Crippen LogP contribution in [-0.2, 0) is 23.9 Å². The SMILES string of the molecule is O=C1OCCC=C[C@H]2O[C@]34C=CCN(c5ccccc5Cl)C(=O)C3N(CCO)C(=O)[C@@H]4[C@@H]12. The fourth-order valence-corrected chi connectivity index (χ4v) is 5.58. The highest BCUT2D eigenvalue weighted by Gasteiger charge is 2.71. The topological polar surface area (TPSA) is 96.4 Å². The molecule has 1 aromatic rings. The molecule has 1 unspecified atom stereocenters. The molecule has 4 aliphatic heterocycles. The van der Waals surface area contributed by atoms with Crippen molar-refractivity contribution in [3.8, 4) is 0 Å². The monoisotopic (exact) mass is 458 g/mol. The number of halogens is 1. The Bertz CT molecular complexity index is 1030. The third-order valence-corrected chi connectivity index (χ3v) is 6.92. The van der Waals surface area contributed by atoms with Crippen LogP contribution in [0.15, 0.2) is 48.6 Å². The Balaban J connectivity index is 1.63. The molecule has 1 spiro atoms. The second kappa shape index (κ2) is 8.03. The lowest BCUT2D eigenvalue weighted by molar-refractivity contribution is -0.154. The van der Waals surface area contributed by atoms with Gasteiger partial charge < -0.3 is 24.4 Å². The first-order valence-corrected chi connectivity index (χ1v) is 11.0. The van der Waals surface area contributed by atoms with Crippen LogP contribution >= 0.6 is 11.6 Å². The van der Waals surface area contributed by atoms with Crippen LogP contribution in [0.2, 0.25) is 5.02 Å². The number of likely N-dealkylation sites (tertiary alicyclic amines) is 1. The van der Waals surface area contributed by atoms with Gasteiger partial charge >= 0.3 is 5.97 Å². The zero-order valence-corrected chi connectivity index (χ0v) is 18.0. The number of carbonyl (C=O) groups is 3. The van der Waals surface area contributed by atoms with Crippen LogP contribution in [0.25, 0.3) is 0 Å². The summed E-state index contributed by atoms with van der Waals surface area (Å²) in [5.41, 5.74) is -0.827. The molecule has 0 aliphatic carbocycles. The zero-order valence-electron chi connectivity index (χ0n) is 17.2. The molecule has 0 radical (unpaired) electrons. The van der Waals surface area contributed by atoms with Gasteiger partial charge in [0.2, 0.25) is 5.91 Å². The molecule has 0 bridgehead atoms. The second-order valence-corrected chi connectivity index (χ2v) is 8.69. The Morgan fingerprint density at radius 3 is 2.75 bits per heavy atom. The number of hydrogen-bond donors (Lipinski definition) is 1. The summed E-state index contributed by atoms with van der Waals surface area (Å²) in [5.74, 6) is -3.08. The van der Waals surface area contributed by atoms with Crippen molar-refractivity contribution in [1.82, 2.24) is 4.90 Å². The molecule has 2 saturated heterocycles. The van der Waals surface area contributed by atoms with Crippen molar-refractivity contribution in [2.75, 3.05) is 31.2 Å². The average molecular weight is 459 g/mol. The molecule has 0 aromatic heterocycles. The van der Waals surface area contributed by atoms with Gasteiger partial charge in [0.25, 0.3) is 5.91 Å². The predicted molar refractivity (Wildman–Crippen MR) is 115 cm³/mol. The number of hydrogen-bond acceptors (Lipinski definition) is 6. The summed E-state index contributed by atoms with van der Waals surface area (Å²) in [7, 11) is 0. The minimum atomic E-state index is -1.34. The first kappa shape index (κ1) is 21.2. The first-order chi connectivity index (χ1) is 15.5. The van der Waals surface area contributed by atoms with Gasteiger partial charge in [0.05, 0.1) is 35.9 Å². The van der Waals surface area contributed by atoms with Crippen molar-refractivity contribution in [2.45, 2.75) is 24.2 Å². The van der Waals surface area contributed by atoms with Gasteiger partial charge in [0, 0.05) is 13.1 Å². The summed E-state index contributed by atoms with van der Waals surface area (Å²) in [6.45, 7) is 0.0782. The van der Waals surface area contributed by atoms with Crippen LogP contribution in [0.4, 0.5) is 5.69 Å². The Morgan fingerprint density at radius 2 is 1.97 bits per heavy atom. The molecule has 32 heavy (non-hydrogen) atoms. The van der Waals surface area contributed by atoms with Crippen LogP contribution in [0.1, 0.15) is 6.42 Å². The number of para-hydroxylation sites is 1. The number of aliphatic hydroxyl groups excluding tert-OH is 1. The minimum Gasteiger partial charge on any atom is -0.465 e. The van der Waals surface area contributed by atoms with Crippen LogP contribution in [-0.4, -0.2) is 71.8 Å². The molecule has 168 valence electrons. The number of amides is 2. The number of anilines is 1. The minimum absolute atomic E-state index is 0.0523. The number of ether oxygens (including phenoxy) is 2. The molecular weight excluding hydrogens is 436 g/mol. The molecule has 4 aliphatic rings. The lowest BCUT2D eigenvalue weighted by Crippen LogP contribution is -2.55. The third-order valence-electron chi connectivity index (χ3n) is 6.60. The number of cyclic esters (lactones) is 1. The number of carbonyl (C=O) groups excluding carboxylic acids is 3. The van der Waals surface area contributed by atoms with Gasteiger partial charge in [0.1, 0.15) is 17.6 Å². The van der Waals surface area contributed by atoms with Crippen molar-refractivity contribution in [3.63, 3.8) is 0 Å². The van der Waals surface area contributed by atoms with E-state index in [2.05, 4.69) is 0 Å². The Kier molecular flexibility index (Phi) is 5.31. The summed E-state index contributed by atoms with van der Waals surface area (Å²) in [5, 5.41) is 10.0. The van der Waals surface area contributed by atoms with Crippen molar-refractivity contribution in [2.24, 2.45) is 11.8 Å². The van der Waals surface area contributed by atoms with Crippen LogP contribution < -0.4 is 4.90 Å². The highest BCUT2D eigenvalue weighted by atomic mass is 35.5. The Labute approximate surface area is 190 Å². The van der Waals surface area contributed by atoms with E-state index < -0.39 is 41.5 Å². The molecule has 0 saturated carbocycles. The number of esters is 1. The first-order valence-electron chi connectivity index (χ1n) is 10.7. The normalized spacial score (nSPS) is 33.9. The van der Waals surface area contributed by atoms with E-state index in [1.54, 1.807) is 42.5 Å². The number of β-amino-alcohol motifs (C(OH)–C–C–N with tert-alkyl or cyclic N) is 1. The fourth-order valence-electron chi connectivity index (χ4n) is 5.34. The van der Waals surface area contributed by atoms with Crippen molar-refractivity contribution >= 4 is 35.1 Å². The predicted octanol–water partition coefficient (Wildman–Crippen LogP) is 1.32. The second-order valence-electron chi connectivity index (χ2n) is 8.28. The molecule has 1 aromatic carbocycles. The van der Waals surface area contributed by atoms with E-state index in [0.717, 1.165) is 0 Å². The molecule has 2 fully saturated rings. The van der Waals surface area contributed by atoms with E-state index in [4.69, 9.17) is 21.1 Å². The number of benzene rings is 1. The van der Waals surface area contributed by atoms with Gasteiger partial charge in [-0.2, -0.15) is 0 Å². The third kappa shape index (κ3) is 3.01. The number of nitrogens with zero attached hydrogens (tertiary/aromatic N) is 2. The van der Waals surface area contributed by atoms with E-state index >= 15 is 0 Å². The number of aliphatic hydroxyl groups is 1. The van der Waals surface area contributed by atoms with E-state index in [9.17, 15) is 19.5 Å². The fraction of sp³-hybridized carbons (Fsp3) is 0.435. The number of rotatable bonds is 3. The molecule has 4 heterocycles. The molecule has 2 amide bonds. The average Bonchev–Trinajstić information content (AvgIpc) is 3.13. The standard InChI is InChI=1S/C23H23ClN2O6/c24-14-6-1-2-7-15(14)25-10-5-9-23-18(20(28)26(11-12-27)19(23)21(25)29)17-16(32-23)8-3-4-13-31-22(17)30/h1-3,5-9,16-19,27H,4,10-13H2/t16-,17+,18+,19?,23+/m1/s1. The summed E-state index contributed by atoms with van der Waals surface area (Å²) in [4.78, 5) is 43.2. The van der Waals surface area contributed by atoms with Crippen molar-refractivity contribution < 1.29 is 29.0 Å². The van der Waals surface area contributed by atoms with Gasteiger partial charge in [-0.05, 0) is 18.6 Å². The maximum Gasteiger partial charge on any atom is 0.312 e. The summed E-state index contributed by atoms with van der Waals surface area (Å²) >= 11 is 6.37. The van der Waals surface area contributed by atoms with Crippen molar-refractivity contribution in [1.29, 1.82) is 0 Å². The van der Waals surface area contributed by atoms with E-state index in [-0.39, 0.29) is 32.2 Å². The summed E-state index contributed by atoms with van der Waals surface area (Å²) < 4.78 is 11.8. The smallest absolute Gasteiger partial charge is 0.312 e. The zero-order chi connectivity index (χ0) is 22.5. The van der Waals surface area contributed by atoms with E-state index in [1.807, 2.05) is 6.08 Å². The molecular formula is C23H23ClN2O6. The summed E-state index contributed by atoms with van der Waals surface area (Å²) in [6.07, 6.45) is 7.04. The summed E-state index contributed by atoms with van der Waals surface area (Å²) in [6, 6.07) is 5.93. The van der Waals surface area contributed by atoms with Crippen LogP contribution in [0.3, 0.4) is 0 Å². The van der Waals surface area contributed by atoms with E-state index in [1.165, 1.54) is 9.80 Å². The highest BCUT2D eigenvalue weighted by Crippen LogP contribution is 2.53. The lowest BCUT2D eigenvalue weighted by atomic mass is 9.77. The quantitative estimate of drug-likeness (QED) is 0.542. The molecule has 5 atom stereocenters. The van der Waals surface area contributed by atoms with Crippen molar-refractivity contribution in [3.05, 3.63) is 53.6 Å². The molecule has 5 rings (SSSR count). The van der Waals surface area contributed by atoms with Gasteiger partial charge in [-0.25, -0.2) is 0 Å². The lowest BCUT2D eigenvalue weighted by Gasteiger charge is -2.35. The maximum absolute atomic E-state index is 13.9. The van der Waals surface area contributed by atoms with Crippen LogP contribution in [0.5, 0.6) is 0 Å². The highest BCUT2D eigenvalue weighted by molar-refractivity contribution is 6.34. The number of fused-ring (bicyclic) bond motifs is 2. The largest absolute Gasteiger partial charge is 0.465 e. The van der Waals surface area contributed by atoms with E-state index in [0.29, 0.717) is 17.1 Å². The Hall–Kier alpha value is -2.68. The van der Waals surface area contributed by atoms with Gasteiger partial charge in [-0.1, -0.05) is 48.0 Å². The van der Waals surface area contributed by atoms with Gasteiger partial charge in [-0.15, -0.1) is 0 Å². The molecule has 8 nitrogen and oxygen atoms in total. The molecule has 1 N–H and O–H groups in total. The Morgan fingerprint density at radius 1 is 1.16 bits per heavy atom. The molecule has 9 heteroatoms. The van der Waals surface area contributed by atoms with Gasteiger partial charge in [0.15, 0.2) is 0 Å². The van der Waals surface area contributed by atoms with Gasteiger partial charge in [-0.3, -0.25) is 14.4 Å². The van der Waals surface area contributed by atoms with Crippen LogP contribution in [0, 0.1) is 11.8 Å².